The normalized spacial score (nSPS) is 12.1. The highest BCUT2D eigenvalue weighted by molar-refractivity contribution is 5.77. The summed E-state index contributed by atoms with van der Waals surface area (Å²) in [6.07, 6.45) is 0.627. The first-order chi connectivity index (χ1) is 9.26. The van der Waals surface area contributed by atoms with Crippen molar-refractivity contribution in [3.8, 4) is 11.4 Å². The van der Waals surface area contributed by atoms with Gasteiger partial charge in [0.25, 0.3) is 0 Å². The van der Waals surface area contributed by atoms with Crippen molar-refractivity contribution in [1.82, 2.24) is 15.2 Å². The summed E-state index contributed by atoms with van der Waals surface area (Å²) in [6, 6.07) is 9.64. The molecule has 0 aliphatic rings. The van der Waals surface area contributed by atoms with Gasteiger partial charge in [-0.2, -0.15) is 5.10 Å². The predicted octanol–water partition coefficient (Wildman–Crippen LogP) is 2.53. The maximum atomic E-state index is 11.8. The molecule has 1 heterocycles. The van der Waals surface area contributed by atoms with Gasteiger partial charge in [0.15, 0.2) is 5.82 Å². The number of ether oxygens (including phenoxy) is 1. The van der Waals surface area contributed by atoms with Crippen molar-refractivity contribution in [3.05, 3.63) is 36.2 Å². The fraction of sp³-hybridized carbons (Fsp3) is 0.357. The minimum Gasteiger partial charge on any atom is -0.465 e. The van der Waals surface area contributed by atoms with Gasteiger partial charge < -0.3 is 4.74 Å². The highest BCUT2D eigenvalue weighted by Gasteiger charge is 2.23. The highest BCUT2D eigenvalue weighted by Crippen LogP contribution is 2.21. The summed E-state index contributed by atoms with van der Waals surface area (Å²) in [6.45, 7) is 4.09. The molecule has 1 aromatic heterocycles. The van der Waals surface area contributed by atoms with Crippen molar-refractivity contribution < 1.29 is 9.53 Å². The van der Waals surface area contributed by atoms with Crippen LogP contribution in [0.4, 0.5) is 0 Å². The Labute approximate surface area is 112 Å². The van der Waals surface area contributed by atoms with E-state index in [0.29, 0.717) is 24.7 Å². The average Bonchev–Trinajstić information content (AvgIpc) is 2.90. The van der Waals surface area contributed by atoms with E-state index in [4.69, 9.17) is 4.74 Å². The number of nitrogens with one attached hydrogen (secondary N) is 1. The van der Waals surface area contributed by atoms with Crippen LogP contribution >= 0.6 is 0 Å². The van der Waals surface area contributed by atoms with E-state index in [1.807, 2.05) is 37.3 Å². The van der Waals surface area contributed by atoms with Crippen molar-refractivity contribution >= 4 is 5.97 Å². The zero-order valence-corrected chi connectivity index (χ0v) is 11.1. The molecule has 0 aliphatic carbocycles. The number of aromatic amines is 1. The summed E-state index contributed by atoms with van der Waals surface area (Å²) in [5.74, 6) is 0.504. The molecule has 100 valence electrons. The molecule has 0 fully saturated rings. The minimum atomic E-state index is -0.384. The molecule has 1 N–H and O–H groups in total. The molecule has 0 radical (unpaired) electrons. The first kappa shape index (κ1) is 13.3. The van der Waals surface area contributed by atoms with Gasteiger partial charge in [-0.1, -0.05) is 37.3 Å². The lowest BCUT2D eigenvalue weighted by atomic mass is 10.1. The van der Waals surface area contributed by atoms with Crippen LogP contribution in [0.3, 0.4) is 0 Å². The van der Waals surface area contributed by atoms with Crippen LogP contribution in [0.25, 0.3) is 11.4 Å². The largest absolute Gasteiger partial charge is 0.465 e. The van der Waals surface area contributed by atoms with Crippen molar-refractivity contribution in [2.24, 2.45) is 0 Å². The Morgan fingerprint density at radius 3 is 2.68 bits per heavy atom. The monoisotopic (exact) mass is 259 g/mol. The van der Waals surface area contributed by atoms with Crippen molar-refractivity contribution in [2.45, 2.75) is 26.2 Å². The van der Waals surface area contributed by atoms with Crippen molar-refractivity contribution in [2.75, 3.05) is 6.61 Å². The number of hydrogen-bond donors (Lipinski definition) is 1. The number of aromatic nitrogens is 3. The Morgan fingerprint density at radius 2 is 2.05 bits per heavy atom. The molecule has 0 saturated carbocycles. The van der Waals surface area contributed by atoms with Crippen LogP contribution < -0.4 is 0 Å². The molecular weight excluding hydrogens is 242 g/mol. The summed E-state index contributed by atoms with van der Waals surface area (Å²) in [5.41, 5.74) is 0.920. The standard InChI is InChI=1S/C14H17N3O2/c1-3-11(14(18)19-4-2)13-15-12(16-17-13)10-8-6-5-7-9-10/h5-9,11H,3-4H2,1-2H3,(H,15,16,17). The molecule has 0 bridgehead atoms. The summed E-state index contributed by atoms with van der Waals surface area (Å²) in [7, 11) is 0. The molecule has 2 rings (SSSR count). The third kappa shape index (κ3) is 2.99. The molecule has 0 aliphatic heterocycles. The van der Waals surface area contributed by atoms with Gasteiger partial charge in [0.2, 0.25) is 0 Å². The van der Waals surface area contributed by atoms with Crippen molar-refractivity contribution in [1.29, 1.82) is 0 Å². The van der Waals surface area contributed by atoms with E-state index in [1.165, 1.54) is 0 Å². The van der Waals surface area contributed by atoms with E-state index < -0.39 is 0 Å². The summed E-state index contributed by atoms with van der Waals surface area (Å²) < 4.78 is 5.04. The zero-order chi connectivity index (χ0) is 13.7. The molecule has 0 spiro atoms. The molecule has 19 heavy (non-hydrogen) atoms. The average molecular weight is 259 g/mol. The Kier molecular flexibility index (Phi) is 4.28. The molecule has 1 atom stereocenters. The molecule has 1 unspecified atom stereocenters. The SMILES string of the molecule is CCOC(=O)C(CC)c1nc(-c2ccccc2)n[nH]1. The van der Waals surface area contributed by atoms with E-state index in [0.717, 1.165) is 5.56 Å². The molecule has 2 aromatic rings. The minimum absolute atomic E-state index is 0.263. The van der Waals surface area contributed by atoms with Gasteiger partial charge >= 0.3 is 5.97 Å². The van der Waals surface area contributed by atoms with E-state index >= 15 is 0 Å². The Balaban J connectivity index is 2.22. The van der Waals surface area contributed by atoms with E-state index in [1.54, 1.807) is 6.92 Å². The van der Waals surface area contributed by atoms with Gasteiger partial charge in [0, 0.05) is 5.56 Å². The predicted molar refractivity (Wildman–Crippen MR) is 71.5 cm³/mol. The fourth-order valence-corrected chi connectivity index (χ4v) is 1.86. The zero-order valence-electron chi connectivity index (χ0n) is 11.1. The van der Waals surface area contributed by atoms with E-state index in [9.17, 15) is 4.79 Å². The number of carbonyl (C=O) groups is 1. The fourth-order valence-electron chi connectivity index (χ4n) is 1.86. The Bertz CT molecular complexity index is 537. The third-order valence-corrected chi connectivity index (χ3v) is 2.84. The number of esters is 1. The van der Waals surface area contributed by atoms with Crippen LogP contribution in [0.1, 0.15) is 32.0 Å². The molecule has 0 amide bonds. The maximum absolute atomic E-state index is 11.8. The van der Waals surface area contributed by atoms with Crippen LogP contribution in [0.15, 0.2) is 30.3 Å². The topological polar surface area (TPSA) is 67.9 Å². The lowest BCUT2D eigenvalue weighted by Crippen LogP contribution is -2.16. The number of H-pyrrole nitrogens is 1. The smallest absolute Gasteiger partial charge is 0.316 e. The van der Waals surface area contributed by atoms with Crippen LogP contribution in [-0.2, 0) is 9.53 Å². The van der Waals surface area contributed by atoms with Gasteiger partial charge in [-0.05, 0) is 13.3 Å². The second-order valence-corrected chi connectivity index (χ2v) is 4.12. The molecule has 0 saturated heterocycles. The second kappa shape index (κ2) is 6.13. The van der Waals surface area contributed by atoms with Crippen LogP contribution in [0.2, 0.25) is 0 Å². The molecular formula is C14H17N3O2. The number of benzene rings is 1. The molecule has 5 nitrogen and oxygen atoms in total. The lowest BCUT2D eigenvalue weighted by Gasteiger charge is -2.09. The first-order valence-corrected chi connectivity index (χ1v) is 6.40. The lowest BCUT2D eigenvalue weighted by molar-refractivity contribution is -0.145. The Hall–Kier alpha value is -2.17. The van der Waals surface area contributed by atoms with E-state index in [2.05, 4.69) is 15.2 Å². The Morgan fingerprint density at radius 1 is 1.32 bits per heavy atom. The summed E-state index contributed by atoms with van der Waals surface area (Å²) in [4.78, 5) is 16.2. The first-order valence-electron chi connectivity index (χ1n) is 6.40. The second-order valence-electron chi connectivity index (χ2n) is 4.12. The summed E-state index contributed by atoms with van der Waals surface area (Å²) >= 11 is 0. The number of rotatable bonds is 5. The van der Waals surface area contributed by atoms with Gasteiger partial charge in [0.05, 0.1) is 6.61 Å². The number of hydrogen-bond acceptors (Lipinski definition) is 4. The van der Waals surface area contributed by atoms with Gasteiger partial charge in [-0.25, -0.2) is 4.98 Å². The van der Waals surface area contributed by atoms with Crippen LogP contribution in [0.5, 0.6) is 0 Å². The van der Waals surface area contributed by atoms with Crippen LogP contribution in [-0.4, -0.2) is 27.8 Å². The van der Waals surface area contributed by atoms with Gasteiger partial charge in [-0.3, -0.25) is 9.89 Å². The number of carbonyl (C=O) groups excluding carboxylic acids is 1. The quantitative estimate of drug-likeness (QED) is 0.838. The van der Waals surface area contributed by atoms with Crippen molar-refractivity contribution in [3.63, 3.8) is 0 Å². The highest BCUT2D eigenvalue weighted by atomic mass is 16.5. The molecule has 5 heteroatoms. The van der Waals surface area contributed by atoms with Gasteiger partial charge in [0.1, 0.15) is 11.7 Å². The number of nitrogens with zero attached hydrogens (tertiary/aromatic N) is 2. The summed E-state index contributed by atoms with van der Waals surface area (Å²) in [5, 5.41) is 6.99. The maximum Gasteiger partial charge on any atom is 0.316 e. The van der Waals surface area contributed by atoms with Crippen LogP contribution in [0, 0.1) is 0 Å². The molecule has 1 aromatic carbocycles. The van der Waals surface area contributed by atoms with E-state index in [-0.39, 0.29) is 11.9 Å². The third-order valence-electron chi connectivity index (χ3n) is 2.84. The van der Waals surface area contributed by atoms with Gasteiger partial charge in [-0.15, -0.1) is 0 Å².